The minimum absolute atomic E-state index is 0.556. The number of carbonyl (C=O) groups excluding carboxylic acids is 1. The summed E-state index contributed by atoms with van der Waals surface area (Å²) in [7, 11) is 2.04. The Labute approximate surface area is 107 Å². The summed E-state index contributed by atoms with van der Waals surface area (Å²) >= 11 is 0. The normalized spacial score (nSPS) is 15.8. The fourth-order valence-electron chi connectivity index (χ4n) is 2.81. The molecular formula is C16H15NO. The predicted octanol–water partition coefficient (Wildman–Crippen LogP) is 3.27. The van der Waals surface area contributed by atoms with Crippen molar-refractivity contribution in [3.05, 3.63) is 59.7 Å². The molecule has 0 spiro atoms. The fourth-order valence-corrected chi connectivity index (χ4v) is 2.81. The van der Waals surface area contributed by atoms with E-state index in [1.54, 1.807) is 0 Å². The topological polar surface area (TPSA) is 20.3 Å². The molecule has 2 heteroatoms. The van der Waals surface area contributed by atoms with Gasteiger partial charge in [0.25, 0.3) is 0 Å². The Hall–Kier alpha value is -2.09. The van der Waals surface area contributed by atoms with Crippen LogP contribution in [0.4, 0.5) is 11.4 Å². The van der Waals surface area contributed by atoms with Gasteiger partial charge in [0.15, 0.2) is 0 Å². The zero-order chi connectivity index (χ0) is 12.8. The van der Waals surface area contributed by atoms with E-state index in [-0.39, 0.29) is 0 Å². The number of anilines is 2. The van der Waals surface area contributed by atoms with Crippen molar-refractivity contribution in [3.63, 3.8) is 0 Å². The van der Waals surface area contributed by atoms with Crippen LogP contribution < -0.4 is 4.90 Å². The van der Waals surface area contributed by atoms with E-state index in [0.717, 1.165) is 28.8 Å². The highest BCUT2D eigenvalue weighted by Crippen LogP contribution is 2.46. The van der Waals surface area contributed by atoms with Crippen LogP contribution in [0.3, 0.4) is 0 Å². The van der Waals surface area contributed by atoms with Gasteiger partial charge in [-0.25, -0.2) is 0 Å². The van der Waals surface area contributed by atoms with Crippen molar-refractivity contribution in [3.8, 4) is 0 Å². The standard InChI is InChI=1S/C16H15NO/c1-16(11-18)12-7-3-5-9-14(12)17(2)15-10-6-4-8-13(15)16/h3-11H,1-2H3. The Morgan fingerprint density at radius 1 is 0.944 bits per heavy atom. The third-order valence-corrected chi connectivity index (χ3v) is 3.89. The lowest BCUT2D eigenvalue weighted by atomic mass is 9.73. The van der Waals surface area contributed by atoms with E-state index < -0.39 is 5.41 Å². The summed E-state index contributed by atoms with van der Waals surface area (Å²) < 4.78 is 0. The van der Waals surface area contributed by atoms with E-state index >= 15 is 0 Å². The highest BCUT2D eigenvalue weighted by Gasteiger charge is 2.38. The van der Waals surface area contributed by atoms with Gasteiger partial charge >= 0.3 is 0 Å². The summed E-state index contributed by atoms with van der Waals surface area (Å²) in [6.07, 6.45) is 1.05. The van der Waals surface area contributed by atoms with Gasteiger partial charge in [0.2, 0.25) is 0 Å². The zero-order valence-corrected chi connectivity index (χ0v) is 10.6. The number of hydrogen-bond acceptors (Lipinski definition) is 2. The third kappa shape index (κ3) is 1.26. The van der Waals surface area contributed by atoms with Gasteiger partial charge in [0, 0.05) is 18.4 Å². The number of carbonyl (C=O) groups is 1. The Kier molecular flexibility index (Phi) is 2.27. The summed E-state index contributed by atoms with van der Waals surface area (Å²) in [6.45, 7) is 1.99. The Morgan fingerprint density at radius 2 is 1.39 bits per heavy atom. The largest absolute Gasteiger partial charge is 0.344 e. The Morgan fingerprint density at radius 3 is 1.83 bits per heavy atom. The van der Waals surface area contributed by atoms with E-state index in [2.05, 4.69) is 17.0 Å². The maximum Gasteiger partial charge on any atom is 0.134 e. The molecule has 2 aromatic carbocycles. The summed E-state index contributed by atoms with van der Waals surface area (Å²) in [5, 5.41) is 0. The molecule has 18 heavy (non-hydrogen) atoms. The summed E-state index contributed by atoms with van der Waals surface area (Å²) in [6, 6.07) is 16.2. The second-order valence-corrected chi connectivity index (χ2v) is 4.91. The molecule has 0 saturated heterocycles. The first-order valence-corrected chi connectivity index (χ1v) is 6.07. The summed E-state index contributed by atoms with van der Waals surface area (Å²) in [5.41, 5.74) is 3.79. The minimum atomic E-state index is -0.556. The molecule has 0 atom stereocenters. The van der Waals surface area contributed by atoms with Gasteiger partial charge in [-0.3, -0.25) is 0 Å². The van der Waals surface area contributed by atoms with E-state index in [4.69, 9.17) is 0 Å². The number of fused-ring (bicyclic) bond motifs is 2. The lowest BCUT2D eigenvalue weighted by Gasteiger charge is -2.39. The lowest BCUT2D eigenvalue weighted by Crippen LogP contribution is -2.34. The van der Waals surface area contributed by atoms with Crippen LogP contribution in [0.5, 0.6) is 0 Å². The van der Waals surface area contributed by atoms with Gasteiger partial charge in [-0.2, -0.15) is 0 Å². The second kappa shape index (κ2) is 3.70. The van der Waals surface area contributed by atoms with Gasteiger partial charge in [-0.1, -0.05) is 36.4 Å². The lowest BCUT2D eigenvalue weighted by molar-refractivity contribution is -0.110. The smallest absolute Gasteiger partial charge is 0.134 e. The molecule has 0 N–H and O–H groups in total. The number of para-hydroxylation sites is 2. The molecule has 0 fully saturated rings. The maximum atomic E-state index is 11.7. The van der Waals surface area contributed by atoms with Crippen LogP contribution in [0.25, 0.3) is 0 Å². The van der Waals surface area contributed by atoms with E-state index in [9.17, 15) is 4.79 Å². The number of rotatable bonds is 1. The maximum absolute atomic E-state index is 11.7. The Bertz CT molecular complexity index is 570. The number of benzene rings is 2. The average molecular weight is 237 g/mol. The van der Waals surface area contributed by atoms with Crippen LogP contribution in [0.15, 0.2) is 48.5 Å². The van der Waals surface area contributed by atoms with Gasteiger partial charge in [-0.05, 0) is 30.2 Å². The highest BCUT2D eigenvalue weighted by atomic mass is 16.1. The van der Waals surface area contributed by atoms with E-state index in [0.29, 0.717) is 0 Å². The van der Waals surface area contributed by atoms with Gasteiger partial charge in [0.1, 0.15) is 6.29 Å². The third-order valence-electron chi connectivity index (χ3n) is 3.89. The zero-order valence-electron chi connectivity index (χ0n) is 10.6. The van der Waals surface area contributed by atoms with Crippen molar-refractivity contribution in [2.45, 2.75) is 12.3 Å². The second-order valence-electron chi connectivity index (χ2n) is 4.91. The summed E-state index contributed by atoms with van der Waals surface area (Å²) in [5.74, 6) is 0. The van der Waals surface area contributed by atoms with Crippen LogP contribution in [-0.2, 0) is 10.2 Å². The molecule has 1 aliphatic heterocycles. The molecule has 0 amide bonds. The monoisotopic (exact) mass is 237 g/mol. The molecule has 1 aliphatic rings. The first kappa shape index (κ1) is 11.0. The molecule has 0 aliphatic carbocycles. The molecule has 2 aromatic rings. The van der Waals surface area contributed by atoms with E-state index in [1.807, 2.05) is 50.4 Å². The first-order valence-electron chi connectivity index (χ1n) is 6.07. The molecule has 90 valence electrons. The molecule has 2 nitrogen and oxygen atoms in total. The molecule has 0 bridgehead atoms. The van der Waals surface area contributed by atoms with Crippen molar-refractivity contribution < 1.29 is 4.79 Å². The number of aldehydes is 1. The van der Waals surface area contributed by atoms with Gasteiger partial charge in [0.05, 0.1) is 5.41 Å². The van der Waals surface area contributed by atoms with Gasteiger partial charge < -0.3 is 9.69 Å². The van der Waals surface area contributed by atoms with Crippen LogP contribution in [-0.4, -0.2) is 13.3 Å². The number of hydrogen-bond donors (Lipinski definition) is 0. The molecular weight excluding hydrogens is 222 g/mol. The van der Waals surface area contributed by atoms with Crippen LogP contribution >= 0.6 is 0 Å². The quantitative estimate of drug-likeness (QED) is 0.709. The molecule has 0 aromatic heterocycles. The molecule has 0 unspecified atom stereocenters. The van der Waals surface area contributed by atoms with Crippen molar-refractivity contribution in [2.75, 3.05) is 11.9 Å². The predicted molar refractivity (Wildman–Crippen MR) is 73.5 cm³/mol. The molecule has 3 rings (SSSR count). The number of nitrogens with zero attached hydrogens (tertiary/aromatic N) is 1. The molecule has 0 radical (unpaired) electrons. The van der Waals surface area contributed by atoms with E-state index in [1.165, 1.54) is 0 Å². The SMILES string of the molecule is CN1c2ccccc2C(C)(C=O)c2ccccc21. The summed E-state index contributed by atoms with van der Waals surface area (Å²) in [4.78, 5) is 13.8. The van der Waals surface area contributed by atoms with Crippen LogP contribution in [0, 0.1) is 0 Å². The van der Waals surface area contributed by atoms with Crippen molar-refractivity contribution in [1.29, 1.82) is 0 Å². The van der Waals surface area contributed by atoms with Crippen molar-refractivity contribution in [2.24, 2.45) is 0 Å². The molecule has 1 heterocycles. The van der Waals surface area contributed by atoms with Crippen molar-refractivity contribution >= 4 is 17.7 Å². The molecule has 0 saturated carbocycles. The van der Waals surface area contributed by atoms with Crippen LogP contribution in [0.2, 0.25) is 0 Å². The van der Waals surface area contributed by atoms with Crippen molar-refractivity contribution in [1.82, 2.24) is 0 Å². The van der Waals surface area contributed by atoms with Crippen LogP contribution in [0.1, 0.15) is 18.1 Å². The fraction of sp³-hybridized carbons (Fsp3) is 0.188. The highest BCUT2D eigenvalue weighted by molar-refractivity contribution is 5.88. The average Bonchev–Trinajstić information content (AvgIpc) is 2.45. The minimum Gasteiger partial charge on any atom is -0.344 e. The Balaban J connectivity index is 2.37. The first-order chi connectivity index (χ1) is 8.68. The van der Waals surface area contributed by atoms with Gasteiger partial charge in [-0.15, -0.1) is 0 Å².